The van der Waals surface area contributed by atoms with Crippen molar-refractivity contribution >= 4 is 23.7 Å². The lowest BCUT2D eigenvalue weighted by atomic mass is 10.0. The molecule has 0 spiro atoms. The molecule has 11 nitrogen and oxygen atoms in total. The van der Waals surface area contributed by atoms with Gasteiger partial charge >= 0.3 is 12.1 Å². The third kappa shape index (κ3) is 5.37. The molecule has 0 bridgehead atoms. The van der Waals surface area contributed by atoms with Crippen LogP contribution in [0.5, 0.6) is 0 Å². The first-order valence-corrected chi connectivity index (χ1v) is 11.2. The average Bonchev–Trinajstić information content (AvgIpc) is 3.56. The molecule has 2 aromatic rings. The number of likely N-dealkylation sites (tertiary alicyclic amines) is 1. The molecule has 0 radical (unpaired) electrons. The van der Waals surface area contributed by atoms with Gasteiger partial charge in [-0.2, -0.15) is 13.2 Å². The zero-order valence-corrected chi connectivity index (χ0v) is 19.0. The number of amides is 3. The number of benzene rings is 1. The van der Waals surface area contributed by atoms with Crippen LogP contribution in [-0.4, -0.2) is 78.9 Å². The number of aliphatic carboxylic acids is 1. The molecule has 2 fully saturated rings. The molecule has 2 saturated heterocycles. The van der Waals surface area contributed by atoms with Crippen molar-refractivity contribution in [3.8, 4) is 5.69 Å². The van der Waals surface area contributed by atoms with Gasteiger partial charge in [-0.3, -0.25) is 24.6 Å². The van der Waals surface area contributed by atoms with E-state index in [1.807, 2.05) is 18.3 Å². The number of halogens is 3. The Balaban J connectivity index is 0.000000384. The summed E-state index contributed by atoms with van der Waals surface area (Å²) >= 11 is 0. The lowest BCUT2D eigenvalue weighted by Crippen LogP contribution is -2.52. The minimum atomic E-state index is -5.08. The number of aromatic nitrogens is 3. The maximum absolute atomic E-state index is 13.0. The second-order valence-corrected chi connectivity index (χ2v) is 8.64. The number of nitrogens with zero attached hydrogens (tertiary/aromatic N) is 5. The van der Waals surface area contributed by atoms with Crippen LogP contribution in [0.4, 0.5) is 13.2 Å². The van der Waals surface area contributed by atoms with E-state index in [9.17, 15) is 27.6 Å². The van der Waals surface area contributed by atoms with Gasteiger partial charge < -0.3 is 10.0 Å². The summed E-state index contributed by atoms with van der Waals surface area (Å²) in [5, 5.41) is 18.0. The smallest absolute Gasteiger partial charge is 0.475 e. The molecule has 4 heterocycles. The number of nitrogens with one attached hydrogen (secondary N) is 1. The standard InChI is InChI=1S/C20H22N6O3.C2HF3O2/c27-18-7-6-17(19(28)21-18)25-12-15-14(20(25)29)4-3-5-16(15)26-11-13(22-23-26)10-24-8-1-2-9-24;3-2(4,5)1(6)7/h3-5,11,17H,1-2,6-10,12H2,(H,21,27,28);(H,6,7). The summed E-state index contributed by atoms with van der Waals surface area (Å²) < 4.78 is 33.4. The highest BCUT2D eigenvalue weighted by molar-refractivity contribution is 6.05. The highest BCUT2D eigenvalue weighted by Crippen LogP contribution is 2.31. The third-order valence-corrected chi connectivity index (χ3v) is 6.17. The second-order valence-electron chi connectivity index (χ2n) is 8.64. The lowest BCUT2D eigenvalue weighted by Gasteiger charge is -2.29. The molecule has 1 aromatic heterocycles. The van der Waals surface area contributed by atoms with Crippen LogP contribution in [0.2, 0.25) is 0 Å². The Kier molecular flexibility index (Phi) is 7.06. The summed E-state index contributed by atoms with van der Waals surface area (Å²) in [6, 6.07) is 4.88. The molecular weight excluding hydrogens is 485 g/mol. The van der Waals surface area contributed by atoms with Gasteiger partial charge in [0.05, 0.1) is 17.6 Å². The van der Waals surface area contributed by atoms with Crippen LogP contribution >= 0.6 is 0 Å². The first-order chi connectivity index (χ1) is 17.0. The molecule has 5 rings (SSSR count). The quantitative estimate of drug-likeness (QED) is 0.589. The van der Waals surface area contributed by atoms with Crippen LogP contribution in [0.15, 0.2) is 24.4 Å². The van der Waals surface area contributed by atoms with Crippen molar-refractivity contribution in [1.82, 2.24) is 30.1 Å². The molecule has 192 valence electrons. The first-order valence-electron chi connectivity index (χ1n) is 11.2. The molecule has 1 atom stereocenters. The van der Waals surface area contributed by atoms with E-state index in [0.717, 1.165) is 36.6 Å². The van der Waals surface area contributed by atoms with Crippen LogP contribution in [0.3, 0.4) is 0 Å². The van der Waals surface area contributed by atoms with Crippen molar-refractivity contribution < 1.29 is 37.5 Å². The maximum atomic E-state index is 13.0. The predicted octanol–water partition coefficient (Wildman–Crippen LogP) is 1.26. The highest BCUT2D eigenvalue weighted by atomic mass is 19.4. The minimum absolute atomic E-state index is 0.186. The molecule has 3 amide bonds. The number of carboxylic acid groups (broad SMARTS) is 1. The Morgan fingerprint density at radius 3 is 2.50 bits per heavy atom. The van der Waals surface area contributed by atoms with E-state index in [1.54, 1.807) is 15.6 Å². The topological polar surface area (TPSA) is 138 Å². The molecule has 0 saturated carbocycles. The van der Waals surface area contributed by atoms with E-state index in [1.165, 1.54) is 12.8 Å². The summed E-state index contributed by atoms with van der Waals surface area (Å²) in [4.78, 5) is 49.5. The average molecular weight is 508 g/mol. The summed E-state index contributed by atoms with van der Waals surface area (Å²) in [6.07, 6.45) is -0.139. The molecule has 1 aromatic carbocycles. The lowest BCUT2D eigenvalue weighted by molar-refractivity contribution is -0.192. The van der Waals surface area contributed by atoms with Crippen LogP contribution in [0, 0.1) is 0 Å². The van der Waals surface area contributed by atoms with Crippen LogP contribution in [0.1, 0.15) is 47.3 Å². The Hall–Kier alpha value is -3.81. The normalized spacial score (nSPS) is 20.1. The SMILES string of the molecule is O=C(O)C(F)(F)F.O=C1CCC(N2Cc3c(cccc3-n3cc(CN4CCCC4)nn3)C2=O)C(=O)N1. The van der Waals surface area contributed by atoms with Crippen LogP contribution < -0.4 is 5.32 Å². The fourth-order valence-electron chi connectivity index (χ4n) is 4.44. The number of carbonyl (C=O) groups is 4. The fourth-order valence-corrected chi connectivity index (χ4v) is 4.44. The number of hydrogen-bond acceptors (Lipinski definition) is 7. The van der Waals surface area contributed by atoms with Crippen molar-refractivity contribution in [2.45, 2.75) is 51.0 Å². The Bertz CT molecular complexity index is 1190. The van der Waals surface area contributed by atoms with Crippen molar-refractivity contribution in [1.29, 1.82) is 0 Å². The molecule has 2 N–H and O–H groups in total. The Morgan fingerprint density at radius 2 is 1.86 bits per heavy atom. The molecule has 36 heavy (non-hydrogen) atoms. The number of alkyl halides is 3. The highest BCUT2D eigenvalue weighted by Gasteiger charge is 2.40. The molecule has 0 aliphatic carbocycles. The molecular formula is C22H23F3N6O5. The monoisotopic (exact) mass is 508 g/mol. The van der Waals surface area contributed by atoms with Gasteiger partial charge in [0.15, 0.2) is 0 Å². The van der Waals surface area contributed by atoms with Crippen molar-refractivity contribution in [2.24, 2.45) is 0 Å². The van der Waals surface area contributed by atoms with Gasteiger partial charge in [-0.1, -0.05) is 11.3 Å². The number of piperidine rings is 1. The number of rotatable bonds is 4. The number of imide groups is 1. The molecule has 1 unspecified atom stereocenters. The summed E-state index contributed by atoms with van der Waals surface area (Å²) in [5.41, 5.74) is 3.10. The summed E-state index contributed by atoms with van der Waals surface area (Å²) in [7, 11) is 0. The number of fused-ring (bicyclic) bond motifs is 1. The van der Waals surface area contributed by atoms with Crippen molar-refractivity contribution in [3.05, 3.63) is 41.2 Å². The van der Waals surface area contributed by atoms with Crippen LogP contribution in [0.25, 0.3) is 5.69 Å². The zero-order chi connectivity index (χ0) is 26.0. The predicted molar refractivity (Wildman–Crippen MR) is 116 cm³/mol. The van der Waals surface area contributed by atoms with E-state index < -0.39 is 24.1 Å². The van der Waals surface area contributed by atoms with Gasteiger partial charge in [-0.25, -0.2) is 9.48 Å². The number of carboxylic acids is 1. The van der Waals surface area contributed by atoms with E-state index in [0.29, 0.717) is 18.5 Å². The van der Waals surface area contributed by atoms with Crippen molar-refractivity contribution in [3.63, 3.8) is 0 Å². The minimum Gasteiger partial charge on any atom is -0.475 e. The maximum Gasteiger partial charge on any atom is 0.490 e. The first kappa shape index (κ1) is 25.3. The van der Waals surface area contributed by atoms with Gasteiger partial charge in [0, 0.05) is 30.6 Å². The largest absolute Gasteiger partial charge is 0.490 e. The van der Waals surface area contributed by atoms with Crippen LogP contribution in [-0.2, 0) is 27.5 Å². The van der Waals surface area contributed by atoms with Gasteiger partial charge in [-0.15, -0.1) is 5.10 Å². The van der Waals surface area contributed by atoms with Gasteiger partial charge in [-0.05, 0) is 44.5 Å². The second kappa shape index (κ2) is 10.0. The van der Waals surface area contributed by atoms with Gasteiger partial charge in [0.2, 0.25) is 11.8 Å². The zero-order valence-electron chi connectivity index (χ0n) is 19.0. The third-order valence-electron chi connectivity index (χ3n) is 6.17. The summed E-state index contributed by atoms with van der Waals surface area (Å²) in [6.45, 7) is 3.26. The number of hydrogen-bond donors (Lipinski definition) is 2. The molecule has 14 heteroatoms. The number of carbonyl (C=O) groups excluding carboxylic acids is 3. The van der Waals surface area contributed by atoms with Gasteiger partial charge in [0.1, 0.15) is 6.04 Å². The van der Waals surface area contributed by atoms with E-state index in [-0.39, 0.29) is 18.2 Å². The van der Waals surface area contributed by atoms with E-state index >= 15 is 0 Å². The molecule has 3 aliphatic heterocycles. The van der Waals surface area contributed by atoms with Gasteiger partial charge in [0.25, 0.3) is 5.91 Å². The van der Waals surface area contributed by atoms with E-state index in [2.05, 4.69) is 20.5 Å². The fraction of sp³-hybridized carbons (Fsp3) is 0.455. The van der Waals surface area contributed by atoms with E-state index in [4.69, 9.17) is 9.90 Å². The Labute approximate surface area is 202 Å². The van der Waals surface area contributed by atoms with Crippen molar-refractivity contribution in [2.75, 3.05) is 13.1 Å². The summed E-state index contributed by atoms with van der Waals surface area (Å²) in [5.74, 6) is -3.64. The Morgan fingerprint density at radius 1 is 1.17 bits per heavy atom. The molecule has 3 aliphatic rings.